The summed E-state index contributed by atoms with van der Waals surface area (Å²) in [5.74, 6) is -0.00177. The second-order valence-corrected chi connectivity index (χ2v) is 8.07. The normalized spacial score (nSPS) is 17.5. The molecule has 7 heteroatoms. The first kappa shape index (κ1) is 17.2. The average molecular weight is 345 g/mol. The molecular formula is C15H21ClN2O3S. The summed E-state index contributed by atoms with van der Waals surface area (Å²) < 4.78 is 26.8. The Morgan fingerprint density at radius 2 is 1.91 bits per heavy atom. The summed E-state index contributed by atoms with van der Waals surface area (Å²) in [7, 11) is -3.57. The molecule has 1 aliphatic rings. The first-order chi connectivity index (χ1) is 10.3. The van der Waals surface area contributed by atoms with Crippen LogP contribution in [0, 0.1) is 5.92 Å². The standard InChI is InChI=1S/C15H21ClN2O3S/c1-12(2)15(19)17-7-4-8-18(10-9-17)22(20,21)14-6-3-5-13(16)11-14/h3,5-6,11-12H,4,7-10H2,1-2H3. The van der Waals surface area contributed by atoms with Crippen molar-refractivity contribution in [1.82, 2.24) is 9.21 Å². The van der Waals surface area contributed by atoms with E-state index < -0.39 is 10.0 Å². The Balaban J connectivity index is 2.15. The Kier molecular flexibility index (Phi) is 5.47. The Labute approximate surface area is 136 Å². The minimum atomic E-state index is -3.57. The minimum absolute atomic E-state index is 0.0713. The molecule has 0 saturated carbocycles. The number of halogens is 1. The summed E-state index contributed by atoms with van der Waals surface area (Å²) in [6, 6.07) is 6.27. The Bertz CT molecular complexity index is 646. The van der Waals surface area contributed by atoms with E-state index in [1.165, 1.54) is 10.4 Å². The van der Waals surface area contributed by atoms with Crippen molar-refractivity contribution in [2.75, 3.05) is 26.2 Å². The topological polar surface area (TPSA) is 57.7 Å². The molecule has 22 heavy (non-hydrogen) atoms. The maximum atomic E-state index is 12.7. The van der Waals surface area contributed by atoms with Crippen molar-refractivity contribution in [3.05, 3.63) is 29.3 Å². The van der Waals surface area contributed by atoms with Gasteiger partial charge in [-0.1, -0.05) is 31.5 Å². The number of hydrogen-bond donors (Lipinski definition) is 0. The van der Waals surface area contributed by atoms with Crippen LogP contribution in [-0.4, -0.2) is 49.7 Å². The number of carbonyl (C=O) groups is 1. The third-order valence-corrected chi connectivity index (χ3v) is 5.82. The third-order valence-electron chi connectivity index (χ3n) is 3.69. The molecule has 0 radical (unpaired) electrons. The number of hydrogen-bond acceptors (Lipinski definition) is 3. The number of carbonyl (C=O) groups excluding carboxylic acids is 1. The molecule has 2 rings (SSSR count). The fraction of sp³-hybridized carbons (Fsp3) is 0.533. The van der Waals surface area contributed by atoms with Gasteiger partial charge < -0.3 is 4.90 Å². The summed E-state index contributed by atoms with van der Waals surface area (Å²) in [4.78, 5) is 14.0. The highest BCUT2D eigenvalue weighted by atomic mass is 35.5. The zero-order chi connectivity index (χ0) is 16.3. The predicted octanol–water partition coefficient (Wildman–Crippen LogP) is 2.22. The number of nitrogens with zero attached hydrogens (tertiary/aromatic N) is 2. The van der Waals surface area contributed by atoms with Gasteiger partial charge in [0.15, 0.2) is 0 Å². The number of amides is 1. The maximum Gasteiger partial charge on any atom is 0.243 e. The van der Waals surface area contributed by atoms with Crippen molar-refractivity contribution in [3.8, 4) is 0 Å². The molecule has 1 fully saturated rings. The number of rotatable bonds is 3. The highest BCUT2D eigenvalue weighted by molar-refractivity contribution is 7.89. The molecule has 1 aliphatic heterocycles. The molecule has 0 aliphatic carbocycles. The van der Waals surface area contributed by atoms with E-state index in [2.05, 4.69) is 0 Å². The lowest BCUT2D eigenvalue weighted by Crippen LogP contribution is -2.38. The Morgan fingerprint density at radius 1 is 1.18 bits per heavy atom. The summed E-state index contributed by atoms with van der Waals surface area (Å²) in [6.07, 6.45) is 0.637. The summed E-state index contributed by atoms with van der Waals surface area (Å²) >= 11 is 5.89. The lowest BCUT2D eigenvalue weighted by atomic mass is 10.2. The average Bonchev–Trinajstić information content (AvgIpc) is 2.72. The van der Waals surface area contributed by atoms with Gasteiger partial charge in [0, 0.05) is 37.1 Å². The van der Waals surface area contributed by atoms with Crippen LogP contribution in [0.25, 0.3) is 0 Å². The van der Waals surface area contributed by atoms with Crippen molar-refractivity contribution in [3.63, 3.8) is 0 Å². The highest BCUT2D eigenvalue weighted by Crippen LogP contribution is 2.21. The van der Waals surface area contributed by atoms with Crippen LogP contribution >= 0.6 is 11.6 Å². The molecule has 1 amide bonds. The fourth-order valence-corrected chi connectivity index (χ4v) is 4.27. The quantitative estimate of drug-likeness (QED) is 0.844. The zero-order valence-electron chi connectivity index (χ0n) is 12.8. The molecule has 0 N–H and O–H groups in total. The zero-order valence-corrected chi connectivity index (χ0v) is 14.4. The van der Waals surface area contributed by atoms with Gasteiger partial charge in [-0.05, 0) is 24.6 Å². The van der Waals surface area contributed by atoms with E-state index in [9.17, 15) is 13.2 Å². The van der Waals surface area contributed by atoms with Crippen LogP contribution in [0.1, 0.15) is 20.3 Å². The fourth-order valence-electron chi connectivity index (χ4n) is 2.50. The van der Waals surface area contributed by atoms with Crippen molar-refractivity contribution in [1.29, 1.82) is 0 Å². The second-order valence-electron chi connectivity index (χ2n) is 5.69. The van der Waals surface area contributed by atoms with Gasteiger partial charge in [0.1, 0.15) is 0 Å². The van der Waals surface area contributed by atoms with Gasteiger partial charge in [-0.2, -0.15) is 4.31 Å². The Morgan fingerprint density at radius 3 is 2.55 bits per heavy atom. The first-order valence-electron chi connectivity index (χ1n) is 7.37. The van der Waals surface area contributed by atoms with Crippen molar-refractivity contribution in [2.45, 2.75) is 25.2 Å². The third kappa shape index (κ3) is 3.80. The van der Waals surface area contributed by atoms with Crippen LogP contribution in [0.2, 0.25) is 5.02 Å². The van der Waals surface area contributed by atoms with Crippen molar-refractivity contribution >= 4 is 27.5 Å². The van der Waals surface area contributed by atoms with E-state index in [0.29, 0.717) is 37.6 Å². The number of benzene rings is 1. The highest BCUT2D eigenvalue weighted by Gasteiger charge is 2.28. The molecule has 1 heterocycles. The van der Waals surface area contributed by atoms with Gasteiger partial charge >= 0.3 is 0 Å². The van der Waals surface area contributed by atoms with Crippen LogP contribution < -0.4 is 0 Å². The molecule has 0 spiro atoms. The molecule has 1 saturated heterocycles. The van der Waals surface area contributed by atoms with Crippen LogP contribution in [0.4, 0.5) is 0 Å². The van der Waals surface area contributed by atoms with Gasteiger partial charge in [0.25, 0.3) is 0 Å². The molecule has 0 bridgehead atoms. The molecule has 5 nitrogen and oxygen atoms in total. The van der Waals surface area contributed by atoms with Crippen molar-refractivity contribution in [2.24, 2.45) is 5.92 Å². The molecule has 0 unspecified atom stereocenters. The van der Waals surface area contributed by atoms with Gasteiger partial charge in [-0.15, -0.1) is 0 Å². The lowest BCUT2D eigenvalue weighted by Gasteiger charge is -2.23. The van der Waals surface area contributed by atoms with E-state index in [-0.39, 0.29) is 16.7 Å². The molecule has 0 atom stereocenters. The molecule has 1 aromatic rings. The van der Waals surface area contributed by atoms with E-state index in [1.54, 1.807) is 23.1 Å². The van der Waals surface area contributed by atoms with Gasteiger partial charge in [-0.25, -0.2) is 8.42 Å². The predicted molar refractivity (Wildman–Crippen MR) is 86.2 cm³/mol. The number of sulfonamides is 1. The summed E-state index contributed by atoms with van der Waals surface area (Å²) in [6.45, 7) is 5.46. The van der Waals surface area contributed by atoms with Gasteiger partial charge in [0.05, 0.1) is 4.90 Å². The van der Waals surface area contributed by atoms with E-state index in [0.717, 1.165) is 0 Å². The molecule has 122 valence electrons. The lowest BCUT2D eigenvalue weighted by molar-refractivity contribution is -0.134. The molecule has 1 aromatic carbocycles. The van der Waals surface area contributed by atoms with Crippen molar-refractivity contribution < 1.29 is 13.2 Å². The summed E-state index contributed by atoms with van der Waals surface area (Å²) in [5.41, 5.74) is 0. The SMILES string of the molecule is CC(C)C(=O)N1CCCN(S(=O)(=O)c2cccc(Cl)c2)CC1. The van der Waals surface area contributed by atoms with Gasteiger partial charge in [-0.3, -0.25) is 4.79 Å². The molecule has 0 aromatic heterocycles. The Hall–Kier alpha value is -1.11. The van der Waals surface area contributed by atoms with Gasteiger partial charge in [0.2, 0.25) is 15.9 Å². The smallest absolute Gasteiger partial charge is 0.243 e. The largest absolute Gasteiger partial charge is 0.341 e. The minimum Gasteiger partial charge on any atom is -0.341 e. The molecular weight excluding hydrogens is 324 g/mol. The van der Waals surface area contributed by atoms with E-state index in [1.807, 2.05) is 13.8 Å². The maximum absolute atomic E-state index is 12.7. The van der Waals surface area contributed by atoms with Crippen LogP contribution in [0.15, 0.2) is 29.2 Å². The first-order valence-corrected chi connectivity index (χ1v) is 9.18. The summed E-state index contributed by atoms with van der Waals surface area (Å²) in [5, 5.41) is 0.396. The van der Waals surface area contributed by atoms with E-state index in [4.69, 9.17) is 11.6 Å². The van der Waals surface area contributed by atoms with Crippen LogP contribution in [0.5, 0.6) is 0 Å². The van der Waals surface area contributed by atoms with Crippen LogP contribution in [0.3, 0.4) is 0 Å². The monoisotopic (exact) mass is 344 g/mol. The van der Waals surface area contributed by atoms with Crippen LogP contribution in [-0.2, 0) is 14.8 Å². The second kappa shape index (κ2) is 6.98. The van der Waals surface area contributed by atoms with E-state index >= 15 is 0 Å².